The molecule has 0 heterocycles. The number of hydrogen-bond donors (Lipinski definition) is 3. The molecular weight excluding hydrogens is 342 g/mol. The molecule has 2 amide bonds. The molecule has 2 aromatic rings. The molecule has 0 aliphatic carbocycles. The summed E-state index contributed by atoms with van der Waals surface area (Å²) in [6.07, 6.45) is 0.964. The van der Waals surface area contributed by atoms with Crippen molar-refractivity contribution in [1.29, 1.82) is 0 Å². The summed E-state index contributed by atoms with van der Waals surface area (Å²) in [6.45, 7) is 5.19. The van der Waals surface area contributed by atoms with Gasteiger partial charge in [-0.15, -0.1) is 0 Å². The van der Waals surface area contributed by atoms with Gasteiger partial charge in [-0.05, 0) is 55.3 Å². The van der Waals surface area contributed by atoms with Crippen molar-refractivity contribution in [1.82, 2.24) is 0 Å². The highest BCUT2D eigenvalue weighted by Crippen LogP contribution is 2.14. The van der Waals surface area contributed by atoms with Crippen LogP contribution in [-0.2, 0) is 16.0 Å². The summed E-state index contributed by atoms with van der Waals surface area (Å²) >= 11 is 0. The van der Waals surface area contributed by atoms with Crippen LogP contribution in [0.3, 0.4) is 0 Å². The predicted octanol–water partition coefficient (Wildman–Crippen LogP) is 1.74. The normalized spacial score (nSPS) is 11.5. The molecule has 1 atom stereocenters. The predicted molar refractivity (Wildman–Crippen MR) is 107 cm³/mol. The number of aryl methyl sites for hydroxylation is 1. The Morgan fingerprint density at radius 1 is 0.852 bits per heavy atom. The molecule has 6 heteroatoms. The van der Waals surface area contributed by atoms with Gasteiger partial charge in [0.25, 0.3) is 11.8 Å². The third kappa shape index (κ3) is 6.75. The van der Waals surface area contributed by atoms with Crippen LogP contribution in [0.15, 0.2) is 48.5 Å². The third-order valence-electron chi connectivity index (χ3n) is 4.34. The second-order valence-electron chi connectivity index (χ2n) is 6.33. The van der Waals surface area contributed by atoms with E-state index in [1.165, 1.54) is 5.56 Å². The van der Waals surface area contributed by atoms with Gasteiger partial charge in [-0.3, -0.25) is 9.59 Å². The molecule has 0 aliphatic heterocycles. The van der Waals surface area contributed by atoms with E-state index in [0.29, 0.717) is 12.2 Å². The molecule has 0 radical (unpaired) electrons. The van der Waals surface area contributed by atoms with Gasteiger partial charge >= 0.3 is 0 Å². The molecule has 2 aromatic carbocycles. The van der Waals surface area contributed by atoms with Crippen molar-refractivity contribution in [3.05, 3.63) is 54.1 Å². The number of quaternary nitrogens is 1. The molecule has 0 saturated carbocycles. The summed E-state index contributed by atoms with van der Waals surface area (Å²) in [5.74, 6) is 0.503. The van der Waals surface area contributed by atoms with E-state index in [9.17, 15) is 9.59 Å². The summed E-state index contributed by atoms with van der Waals surface area (Å²) in [5, 5.41) is 5.73. The first-order valence-corrected chi connectivity index (χ1v) is 9.20. The number of benzene rings is 2. The second-order valence-corrected chi connectivity index (χ2v) is 6.33. The van der Waals surface area contributed by atoms with Gasteiger partial charge in [0, 0.05) is 11.4 Å². The summed E-state index contributed by atoms with van der Waals surface area (Å²) in [7, 11) is 1.60. The molecule has 3 N–H and O–H groups in total. The van der Waals surface area contributed by atoms with Gasteiger partial charge in [0.1, 0.15) is 5.75 Å². The lowest BCUT2D eigenvalue weighted by Crippen LogP contribution is -3.13. The van der Waals surface area contributed by atoms with Gasteiger partial charge in [-0.1, -0.05) is 19.1 Å². The van der Waals surface area contributed by atoms with E-state index in [4.69, 9.17) is 4.74 Å². The molecule has 0 spiro atoms. The van der Waals surface area contributed by atoms with Crippen LogP contribution in [0.2, 0.25) is 0 Å². The summed E-state index contributed by atoms with van der Waals surface area (Å²) < 4.78 is 5.10. The molecule has 0 bridgehead atoms. The molecule has 0 saturated heterocycles. The van der Waals surface area contributed by atoms with E-state index in [1.807, 2.05) is 31.2 Å². The van der Waals surface area contributed by atoms with E-state index in [0.717, 1.165) is 22.8 Å². The van der Waals surface area contributed by atoms with Crippen molar-refractivity contribution < 1.29 is 19.2 Å². The Balaban J connectivity index is 1.83. The number of likely N-dealkylation sites (N-methyl/N-ethyl adjacent to an activating group) is 1. The monoisotopic (exact) mass is 370 g/mol. The minimum Gasteiger partial charge on any atom is -0.497 e. The topological polar surface area (TPSA) is 71.9 Å². The van der Waals surface area contributed by atoms with Crippen LogP contribution in [0.5, 0.6) is 5.75 Å². The second kappa shape index (κ2) is 10.3. The van der Waals surface area contributed by atoms with Crippen molar-refractivity contribution in [2.24, 2.45) is 0 Å². The Bertz CT molecular complexity index is 679. The SMILES string of the molecule is CCc1ccc(NC(=O)C[NH+](CC)CC(=O)Nc2ccc(OC)cc2)cc1. The Morgan fingerprint density at radius 3 is 1.74 bits per heavy atom. The molecular formula is C21H28N3O3+. The van der Waals surface area contributed by atoms with E-state index >= 15 is 0 Å². The third-order valence-corrected chi connectivity index (χ3v) is 4.34. The molecule has 1 unspecified atom stereocenters. The van der Waals surface area contributed by atoms with Gasteiger partial charge in [0.15, 0.2) is 13.1 Å². The quantitative estimate of drug-likeness (QED) is 0.630. The fourth-order valence-electron chi connectivity index (χ4n) is 2.68. The van der Waals surface area contributed by atoms with Crippen molar-refractivity contribution >= 4 is 23.2 Å². The molecule has 27 heavy (non-hydrogen) atoms. The van der Waals surface area contributed by atoms with Gasteiger partial charge < -0.3 is 20.3 Å². The van der Waals surface area contributed by atoms with Gasteiger partial charge in [-0.2, -0.15) is 0 Å². The summed E-state index contributed by atoms with van der Waals surface area (Å²) in [4.78, 5) is 25.4. The van der Waals surface area contributed by atoms with Gasteiger partial charge in [0.05, 0.1) is 13.7 Å². The Morgan fingerprint density at radius 2 is 1.33 bits per heavy atom. The first kappa shape index (κ1) is 20.5. The highest BCUT2D eigenvalue weighted by Gasteiger charge is 2.17. The first-order valence-electron chi connectivity index (χ1n) is 9.20. The zero-order valence-electron chi connectivity index (χ0n) is 16.2. The van der Waals surface area contributed by atoms with E-state index in [2.05, 4.69) is 17.6 Å². The number of ether oxygens (including phenoxy) is 1. The highest BCUT2D eigenvalue weighted by molar-refractivity contribution is 5.93. The molecule has 2 rings (SSSR count). The van der Waals surface area contributed by atoms with E-state index in [1.54, 1.807) is 31.4 Å². The van der Waals surface area contributed by atoms with Crippen molar-refractivity contribution in [3.63, 3.8) is 0 Å². The fourth-order valence-corrected chi connectivity index (χ4v) is 2.68. The number of hydrogen-bond acceptors (Lipinski definition) is 3. The Labute approximate surface area is 160 Å². The lowest BCUT2D eigenvalue weighted by atomic mass is 10.1. The largest absolute Gasteiger partial charge is 0.497 e. The van der Waals surface area contributed by atoms with Crippen LogP contribution in [0.4, 0.5) is 11.4 Å². The summed E-state index contributed by atoms with van der Waals surface area (Å²) in [5.41, 5.74) is 2.70. The van der Waals surface area contributed by atoms with E-state index in [-0.39, 0.29) is 24.9 Å². The Hall–Kier alpha value is -2.86. The van der Waals surface area contributed by atoms with Crippen LogP contribution in [0.1, 0.15) is 19.4 Å². The fraction of sp³-hybridized carbons (Fsp3) is 0.333. The lowest BCUT2D eigenvalue weighted by molar-refractivity contribution is -0.881. The lowest BCUT2D eigenvalue weighted by Gasteiger charge is -2.17. The molecule has 6 nitrogen and oxygen atoms in total. The number of methoxy groups -OCH3 is 1. The van der Waals surface area contributed by atoms with Crippen molar-refractivity contribution in [2.45, 2.75) is 20.3 Å². The minimum atomic E-state index is -0.128. The van der Waals surface area contributed by atoms with Crippen LogP contribution < -0.4 is 20.3 Å². The highest BCUT2D eigenvalue weighted by atomic mass is 16.5. The van der Waals surface area contributed by atoms with Crippen LogP contribution in [-0.4, -0.2) is 38.6 Å². The maximum Gasteiger partial charge on any atom is 0.279 e. The maximum atomic E-state index is 12.3. The molecule has 0 fully saturated rings. The number of anilines is 2. The molecule has 144 valence electrons. The van der Waals surface area contributed by atoms with Crippen LogP contribution in [0.25, 0.3) is 0 Å². The van der Waals surface area contributed by atoms with Crippen molar-refractivity contribution in [3.8, 4) is 5.75 Å². The Kier molecular flexibility index (Phi) is 7.82. The first-order chi connectivity index (χ1) is 13.0. The number of carbonyl (C=O) groups excluding carboxylic acids is 2. The minimum absolute atomic E-state index is 0.103. The number of carbonyl (C=O) groups is 2. The van der Waals surface area contributed by atoms with Gasteiger partial charge in [0.2, 0.25) is 0 Å². The van der Waals surface area contributed by atoms with E-state index < -0.39 is 0 Å². The van der Waals surface area contributed by atoms with Crippen LogP contribution >= 0.6 is 0 Å². The average molecular weight is 370 g/mol. The standard InChI is InChI=1S/C21H27N3O3/c1-4-16-6-8-17(9-7-16)22-20(25)14-24(5-2)15-21(26)23-18-10-12-19(27-3)13-11-18/h6-13H,4-5,14-15H2,1-3H3,(H,22,25)(H,23,26)/p+1. The number of rotatable bonds is 9. The smallest absolute Gasteiger partial charge is 0.279 e. The van der Waals surface area contributed by atoms with Crippen LogP contribution in [0, 0.1) is 0 Å². The summed E-state index contributed by atoms with van der Waals surface area (Å²) in [6, 6.07) is 15.0. The number of amides is 2. The molecule has 0 aliphatic rings. The number of nitrogens with one attached hydrogen (secondary N) is 3. The van der Waals surface area contributed by atoms with Crippen molar-refractivity contribution in [2.75, 3.05) is 37.4 Å². The molecule has 0 aromatic heterocycles. The van der Waals surface area contributed by atoms with Gasteiger partial charge in [-0.25, -0.2) is 0 Å². The zero-order chi connectivity index (χ0) is 19.6. The zero-order valence-corrected chi connectivity index (χ0v) is 16.2. The average Bonchev–Trinajstić information content (AvgIpc) is 2.68. The maximum absolute atomic E-state index is 12.3.